The molecule has 15 heteroatoms. The fourth-order valence-electron chi connectivity index (χ4n) is 8.45. The van der Waals surface area contributed by atoms with Crippen molar-refractivity contribution in [2.45, 2.75) is 95.8 Å². The molecule has 1 saturated heterocycles. The van der Waals surface area contributed by atoms with Gasteiger partial charge in [-0.1, -0.05) is 97.1 Å². The molecule has 0 aliphatic carbocycles. The predicted octanol–water partition coefficient (Wildman–Crippen LogP) is 8.21. The number of methoxy groups -OCH3 is 3. The maximum atomic E-state index is 13.6. The smallest absolute Gasteiger partial charge is 0.342 e. The number of rotatable bonds is 9. The number of cyclic esters (lactones) is 2. The third kappa shape index (κ3) is 14.6. The van der Waals surface area contributed by atoms with Gasteiger partial charge in [-0.05, 0) is 99.9 Å². The molecule has 0 saturated carbocycles. The first kappa shape index (κ1) is 54.5. The number of phenolic OH excluding ortho intramolecular Hbond substituents is 1. The van der Waals surface area contributed by atoms with Gasteiger partial charge in [0.05, 0.1) is 26.4 Å². The van der Waals surface area contributed by atoms with Crippen LogP contribution >= 0.6 is 0 Å². The number of aromatic hydroxyl groups is 1. The predicted molar refractivity (Wildman–Crippen MR) is 269 cm³/mol. The number of hydrogen-bond donors (Lipinski definition) is 3. The summed E-state index contributed by atoms with van der Waals surface area (Å²) in [6.07, 6.45) is 8.75. The molecule has 3 aliphatic rings. The summed E-state index contributed by atoms with van der Waals surface area (Å²) in [6, 6.07) is 25.6. The Balaban J connectivity index is 0.000000239. The number of aliphatic hydroxyl groups is 2. The zero-order valence-electron chi connectivity index (χ0n) is 41.6. The van der Waals surface area contributed by atoms with E-state index < -0.39 is 66.1 Å². The molecular weight excluding hydrogens is 925 g/mol. The highest BCUT2D eigenvalue weighted by Crippen LogP contribution is 2.36. The molecule has 3 N–H and O–H groups in total. The molecule has 3 aliphatic heterocycles. The van der Waals surface area contributed by atoms with Crippen molar-refractivity contribution in [1.82, 2.24) is 0 Å². The molecule has 1 fully saturated rings. The summed E-state index contributed by atoms with van der Waals surface area (Å²) in [6.45, 7) is 7.05. The van der Waals surface area contributed by atoms with Crippen molar-refractivity contribution in [3.05, 3.63) is 155 Å². The molecule has 0 amide bonds. The third-order valence-electron chi connectivity index (χ3n) is 12.3. The number of aliphatic hydroxyl groups excluding tert-OH is 2. The lowest BCUT2D eigenvalue weighted by Crippen LogP contribution is -2.33. The maximum Gasteiger partial charge on any atom is 0.342 e. The summed E-state index contributed by atoms with van der Waals surface area (Å²) in [5, 5.41) is 31.0. The lowest BCUT2D eigenvalue weighted by atomic mass is 9.93. The molecule has 72 heavy (non-hydrogen) atoms. The number of ether oxygens (including phenoxy) is 8. The molecule has 0 bridgehead atoms. The molecule has 4 aromatic rings. The molecule has 8 atom stereocenters. The van der Waals surface area contributed by atoms with Crippen LogP contribution in [-0.2, 0) is 46.1 Å². The van der Waals surface area contributed by atoms with Crippen LogP contribution < -0.4 is 14.2 Å². The van der Waals surface area contributed by atoms with Crippen LogP contribution in [0.25, 0.3) is 12.2 Å². The first-order valence-electron chi connectivity index (χ1n) is 23.7. The Hall–Kier alpha value is -6.88. The Bertz CT molecular complexity index is 2620. The fourth-order valence-corrected chi connectivity index (χ4v) is 8.45. The maximum absolute atomic E-state index is 13.6. The van der Waals surface area contributed by atoms with Crippen molar-refractivity contribution in [2.75, 3.05) is 28.1 Å². The van der Waals surface area contributed by atoms with Gasteiger partial charge in [-0.3, -0.25) is 9.59 Å². The van der Waals surface area contributed by atoms with Crippen LogP contribution in [0.4, 0.5) is 0 Å². The van der Waals surface area contributed by atoms with Crippen molar-refractivity contribution in [2.24, 2.45) is 11.8 Å². The topological polar surface area (TPSA) is 203 Å². The average molecular weight is 989 g/mol. The van der Waals surface area contributed by atoms with E-state index in [1.54, 1.807) is 57.2 Å². The zero-order chi connectivity index (χ0) is 52.0. The second kappa shape index (κ2) is 25.5. The van der Waals surface area contributed by atoms with Gasteiger partial charge < -0.3 is 53.2 Å². The molecule has 0 unspecified atom stereocenters. The lowest BCUT2D eigenvalue weighted by Gasteiger charge is -2.23. The van der Waals surface area contributed by atoms with Gasteiger partial charge in [0.1, 0.15) is 58.5 Å². The summed E-state index contributed by atoms with van der Waals surface area (Å²) >= 11 is 0. The van der Waals surface area contributed by atoms with Crippen LogP contribution in [0.2, 0.25) is 0 Å². The minimum atomic E-state index is -1.60. The summed E-state index contributed by atoms with van der Waals surface area (Å²) in [5.74, 6) is -2.86. The van der Waals surface area contributed by atoms with Gasteiger partial charge >= 0.3 is 11.9 Å². The van der Waals surface area contributed by atoms with Crippen molar-refractivity contribution < 1.29 is 72.4 Å². The molecule has 382 valence electrons. The number of carbonyl (C=O) groups excluding carboxylic acids is 4. The van der Waals surface area contributed by atoms with Crippen LogP contribution in [-0.4, -0.2) is 109 Å². The molecule has 15 nitrogen and oxygen atoms in total. The molecule has 3 heterocycles. The van der Waals surface area contributed by atoms with E-state index in [0.717, 1.165) is 11.1 Å². The molecular formula is C57H64O15. The van der Waals surface area contributed by atoms with Gasteiger partial charge in [-0.15, -0.1) is 0 Å². The molecule has 0 radical (unpaired) electrons. The lowest BCUT2D eigenvalue weighted by molar-refractivity contribution is -0.152. The second-order valence-electron chi connectivity index (χ2n) is 18.1. The van der Waals surface area contributed by atoms with Crippen molar-refractivity contribution in [3.63, 3.8) is 0 Å². The number of hydrogen-bond acceptors (Lipinski definition) is 15. The third-order valence-corrected chi connectivity index (χ3v) is 12.3. The monoisotopic (exact) mass is 988 g/mol. The Morgan fingerprint density at radius 3 is 1.71 bits per heavy atom. The van der Waals surface area contributed by atoms with Crippen LogP contribution in [0.1, 0.15) is 83.5 Å². The number of fused-ring (bicyclic) bond motifs is 3. The Morgan fingerprint density at radius 1 is 0.639 bits per heavy atom. The highest BCUT2D eigenvalue weighted by Gasteiger charge is 2.44. The van der Waals surface area contributed by atoms with Gasteiger partial charge in [0.15, 0.2) is 24.1 Å². The Morgan fingerprint density at radius 2 is 1.15 bits per heavy atom. The highest BCUT2D eigenvalue weighted by molar-refractivity contribution is 5.98. The van der Waals surface area contributed by atoms with Crippen LogP contribution in [0.5, 0.6) is 23.0 Å². The summed E-state index contributed by atoms with van der Waals surface area (Å²) in [4.78, 5) is 52.4. The largest absolute Gasteiger partial charge is 0.507 e. The van der Waals surface area contributed by atoms with E-state index in [1.165, 1.54) is 51.7 Å². The first-order chi connectivity index (χ1) is 34.5. The van der Waals surface area contributed by atoms with Crippen LogP contribution in [0.3, 0.4) is 0 Å². The van der Waals surface area contributed by atoms with Crippen molar-refractivity contribution >= 4 is 35.7 Å². The molecule has 0 aromatic heterocycles. The molecule has 7 rings (SSSR count). The Labute approximate surface area is 420 Å². The van der Waals surface area contributed by atoms with Crippen LogP contribution in [0, 0.1) is 11.8 Å². The van der Waals surface area contributed by atoms with Crippen molar-refractivity contribution in [1.29, 1.82) is 0 Å². The fraction of sp³-hybridized carbons (Fsp3) is 0.368. The van der Waals surface area contributed by atoms with Gasteiger partial charge in [0.2, 0.25) is 0 Å². The SMILES string of the molecule is COCOc1cc(OC)cc2c1C(=O)O[C@@H](C)[C@H](Cc1ccccc1)/C=C\C(=O)[C@H]1OC(C)(C)O[C@H]1C/C=C/2.COc1cc(O)c2c(c1)/C=C/C[C@H](O)[C@H](O)C(=O)/C=C\[C@@H](Cc1ccccc1)[C@H](C)OC2=O. The van der Waals surface area contributed by atoms with E-state index in [1.807, 2.05) is 73.7 Å². The minimum absolute atomic E-state index is 0.0375. The first-order valence-corrected chi connectivity index (χ1v) is 23.7. The number of benzene rings is 4. The van der Waals surface area contributed by atoms with E-state index in [4.69, 9.17) is 37.9 Å². The van der Waals surface area contributed by atoms with Crippen LogP contribution in [0.15, 0.2) is 121 Å². The van der Waals surface area contributed by atoms with E-state index in [0.29, 0.717) is 41.9 Å². The second-order valence-corrected chi connectivity index (χ2v) is 18.1. The van der Waals surface area contributed by atoms with Gasteiger partial charge in [0.25, 0.3) is 0 Å². The van der Waals surface area contributed by atoms with Gasteiger partial charge in [0, 0.05) is 31.1 Å². The minimum Gasteiger partial charge on any atom is -0.507 e. The van der Waals surface area contributed by atoms with Crippen molar-refractivity contribution in [3.8, 4) is 23.0 Å². The van der Waals surface area contributed by atoms with Gasteiger partial charge in [-0.25, -0.2) is 9.59 Å². The number of carbonyl (C=O) groups is 4. The standard InChI is InChI=1S/C31H36O8.C26H28O7/c1-20-22(16-21-10-7-6-8-11-21)14-15-25(32)29-26(38-31(2,3)39-29)13-9-12-23-17-24(35-5)18-27(36-19-34-4)28(23)30(33)37-20;1-16-18(13-17-7-4-3-5-8-17)11-12-22(28)25(30)21(27)10-6-9-19-14-20(32-2)15-23(29)24(19)26(31)33-16/h6-12,14-15,17-18,20,22,26,29H,13,16,19H2,1-5H3;3-9,11-12,14-16,18,21,25,27,29-30H,10,13H2,1-2H3/b12-9+,15-14-;9-6+,12-11-/t20-,22-,26-,29+;16-,18-,21-,25-/m00/s1. The number of ketones is 2. The highest BCUT2D eigenvalue weighted by atomic mass is 16.8. The quantitative estimate of drug-likeness (QED) is 0.107. The number of phenols is 1. The molecule has 4 aromatic carbocycles. The summed E-state index contributed by atoms with van der Waals surface area (Å²) in [7, 11) is 4.47. The zero-order valence-corrected chi connectivity index (χ0v) is 41.6. The van der Waals surface area contributed by atoms with E-state index in [2.05, 4.69) is 0 Å². The summed E-state index contributed by atoms with van der Waals surface area (Å²) < 4.78 is 45.2. The van der Waals surface area contributed by atoms with E-state index >= 15 is 0 Å². The summed E-state index contributed by atoms with van der Waals surface area (Å²) in [5.41, 5.74) is 3.12. The normalized spacial score (nSPS) is 26.2. The Kier molecular flexibility index (Phi) is 19.3. The number of esters is 2. The average Bonchev–Trinajstić information content (AvgIpc) is 3.68. The molecule has 0 spiro atoms. The van der Waals surface area contributed by atoms with Gasteiger partial charge in [-0.2, -0.15) is 0 Å². The van der Waals surface area contributed by atoms with E-state index in [-0.39, 0.29) is 47.5 Å². The van der Waals surface area contributed by atoms with E-state index in [9.17, 15) is 34.5 Å².